The maximum absolute atomic E-state index is 12.2. The molecule has 172 valence electrons. The molecule has 2 aliphatic rings. The van der Waals surface area contributed by atoms with E-state index in [1.165, 1.54) is 0 Å². The zero-order valence-electron chi connectivity index (χ0n) is 19.3. The van der Waals surface area contributed by atoms with Crippen LogP contribution in [0.5, 0.6) is 0 Å². The highest BCUT2D eigenvalue weighted by Crippen LogP contribution is 2.25. The second-order valence-corrected chi connectivity index (χ2v) is 9.71. The fraction of sp³-hybridized carbons (Fsp3) is 0.652. The largest absolute Gasteiger partial charge is 0.459 e. The van der Waals surface area contributed by atoms with Crippen LogP contribution < -0.4 is 10.6 Å². The third kappa shape index (κ3) is 6.33. The molecule has 2 fully saturated rings. The summed E-state index contributed by atoms with van der Waals surface area (Å²) in [5.41, 5.74) is 7.10. The first kappa shape index (κ1) is 23.3. The molecule has 0 amide bonds. The number of likely N-dealkylation sites (tertiary alicyclic amines) is 1. The first-order valence-corrected chi connectivity index (χ1v) is 11.2. The highest BCUT2D eigenvalue weighted by atomic mass is 16.6. The van der Waals surface area contributed by atoms with Crippen molar-refractivity contribution in [1.29, 1.82) is 0 Å². The summed E-state index contributed by atoms with van der Waals surface area (Å²) in [5.74, 6) is 0.510. The number of nitrogens with two attached hydrogens (primary N) is 1. The smallest absolute Gasteiger partial charge is 0.320 e. The van der Waals surface area contributed by atoms with Crippen molar-refractivity contribution < 1.29 is 14.7 Å². The predicted octanol–water partition coefficient (Wildman–Crippen LogP) is 1.96. The van der Waals surface area contributed by atoms with Gasteiger partial charge in [-0.25, -0.2) is 0 Å². The third-order valence-corrected chi connectivity index (χ3v) is 6.14. The van der Waals surface area contributed by atoms with Crippen LogP contribution >= 0.6 is 0 Å². The van der Waals surface area contributed by atoms with Gasteiger partial charge in [-0.3, -0.25) is 14.6 Å². The maximum Gasteiger partial charge on any atom is 0.320 e. The summed E-state index contributed by atoms with van der Waals surface area (Å²) in [6, 6.07) is 8.39. The van der Waals surface area contributed by atoms with E-state index in [-0.39, 0.29) is 11.8 Å². The number of esters is 1. The number of piperidine rings is 1. The zero-order chi connectivity index (χ0) is 22.6. The van der Waals surface area contributed by atoms with Crippen molar-refractivity contribution in [3.8, 4) is 0 Å². The summed E-state index contributed by atoms with van der Waals surface area (Å²) >= 11 is 0. The lowest BCUT2D eigenvalue weighted by Crippen LogP contribution is -2.56. The van der Waals surface area contributed by atoms with E-state index >= 15 is 0 Å². The molecule has 2 heterocycles. The van der Waals surface area contributed by atoms with Gasteiger partial charge in [-0.2, -0.15) is 0 Å². The Labute approximate surface area is 185 Å². The van der Waals surface area contributed by atoms with Gasteiger partial charge in [-0.15, -0.1) is 0 Å². The van der Waals surface area contributed by atoms with E-state index in [1.54, 1.807) is 0 Å². The van der Waals surface area contributed by atoms with Gasteiger partial charge in [0, 0.05) is 56.6 Å². The van der Waals surface area contributed by atoms with E-state index in [0.29, 0.717) is 18.5 Å². The van der Waals surface area contributed by atoms with Gasteiger partial charge >= 0.3 is 5.97 Å². The lowest BCUT2D eigenvalue weighted by atomic mass is 9.91. The molecule has 2 saturated heterocycles. The van der Waals surface area contributed by atoms with Crippen molar-refractivity contribution in [3.05, 3.63) is 29.8 Å². The van der Waals surface area contributed by atoms with Crippen molar-refractivity contribution >= 4 is 17.5 Å². The second-order valence-electron chi connectivity index (χ2n) is 9.71. The fourth-order valence-electron chi connectivity index (χ4n) is 4.67. The Morgan fingerprint density at radius 3 is 2.35 bits per heavy atom. The van der Waals surface area contributed by atoms with Gasteiger partial charge in [-0.1, -0.05) is 12.1 Å². The van der Waals surface area contributed by atoms with E-state index in [2.05, 4.69) is 26.8 Å². The minimum atomic E-state index is -0.431. The molecule has 8 heteroatoms. The Balaban J connectivity index is 1.47. The minimum absolute atomic E-state index is 0.128. The molecule has 0 saturated carbocycles. The average molecular weight is 432 g/mol. The highest BCUT2D eigenvalue weighted by molar-refractivity contribution is 5.97. The number of hydrogen-bond acceptors (Lipinski definition) is 7. The van der Waals surface area contributed by atoms with Crippen LogP contribution in [-0.4, -0.2) is 84.3 Å². The molecule has 0 unspecified atom stereocenters. The summed E-state index contributed by atoms with van der Waals surface area (Å²) in [5, 5.41) is 11.9. The van der Waals surface area contributed by atoms with E-state index < -0.39 is 5.60 Å². The number of benzene rings is 1. The van der Waals surface area contributed by atoms with E-state index in [0.717, 1.165) is 56.9 Å². The monoisotopic (exact) mass is 431 g/mol. The van der Waals surface area contributed by atoms with Crippen LogP contribution in [0.4, 0.5) is 5.69 Å². The van der Waals surface area contributed by atoms with Gasteiger partial charge in [0.15, 0.2) is 5.84 Å². The number of nitrogens with zero attached hydrogens (tertiary/aromatic N) is 4. The minimum Gasteiger partial charge on any atom is -0.459 e. The topological polar surface area (TPSA) is 94.6 Å². The van der Waals surface area contributed by atoms with Crippen LogP contribution in [0.3, 0.4) is 0 Å². The van der Waals surface area contributed by atoms with Crippen LogP contribution in [0, 0.1) is 5.92 Å². The van der Waals surface area contributed by atoms with Gasteiger partial charge in [0.05, 0.1) is 6.54 Å². The molecule has 3 rings (SSSR count). The molecular formula is C23H37N5O3. The van der Waals surface area contributed by atoms with Crippen LogP contribution in [0.1, 0.15) is 39.7 Å². The zero-order valence-corrected chi connectivity index (χ0v) is 19.3. The number of carbonyl (C=O) groups is 1. The number of piperazine rings is 1. The summed E-state index contributed by atoms with van der Waals surface area (Å²) in [6.45, 7) is 14.3. The second kappa shape index (κ2) is 9.87. The number of hydrogen-bond donors (Lipinski definition) is 2. The molecule has 3 N–H and O–H groups in total. The van der Waals surface area contributed by atoms with E-state index in [4.69, 9.17) is 15.7 Å². The summed E-state index contributed by atoms with van der Waals surface area (Å²) < 4.78 is 5.48. The number of anilines is 1. The number of rotatable bonds is 5. The van der Waals surface area contributed by atoms with Gasteiger partial charge in [0.2, 0.25) is 0 Å². The predicted molar refractivity (Wildman–Crippen MR) is 123 cm³/mol. The molecule has 8 nitrogen and oxygen atoms in total. The normalized spacial score (nSPS) is 24.3. The number of amidine groups is 1. The lowest BCUT2D eigenvalue weighted by molar-refractivity contribution is -0.156. The molecule has 1 aromatic carbocycles. The molecule has 31 heavy (non-hydrogen) atoms. The summed E-state index contributed by atoms with van der Waals surface area (Å²) in [4.78, 5) is 19.4. The molecule has 2 atom stereocenters. The van der Waals surface area contributed by atoms with Gasteiger partial charge in [0.25, 0.3) is 0 Å². The van der Waals surface area contributed by atoms with Gasteiger partial charge in [-0.05, 0) is 57.4 Å². The maximum atomic E-state index is 12.2. The lowest BCUT2D eigenvalue weighted by Gasteiger charge is -2.46. The molecule has 0 bridgehead atoms. The summed E-state index contributed by atoms with van der Waals surface area (Å²) in [7, 11) is 0. The van der Waals surface area contributed by atoms with Crippen molar-refractivity contribution in [2.24, 2.45) is 16.8 Å². The standard InChI is InChI=1S/C23H37N5O3/c1-17-15-26(16-21(29)31-23(2,3)4)10-9-20(17)28-13-11-27(12-14-28)19-7-5-18(6-8-19)22(24)25-30/h5-8,17,20,30H,9-16H2,1-4H3,(H2,24,25)/t17-,20+/m1/s1. The third-order valence-electron chi connectivity index (χ3n) is 6.14. The molecular weight excluding hydrogens is 394 g/mol. The highest BCUT2D eigenvalue weighted by Gasteiger charge is 2.33. The van der Waals surface area contributed by atoms with Crippen molar-refractivity contribution in [1.82, 2.24) is 9.80 Å². The van der Waals surface area contributed by atoms with Crippen molar-refractivity contribution in [3.63, 3.8) is 0 Å². The quantitative estimate of drug-likeness (QED) is 0.242. The number of ether oxygens (including phenoxy) is 1. The van der Waals surface area contributed by atoms with Crippen LogP contribution in [0.2, 0.25) is 0 Å². The van der Waals surface area contributed by atoms with Gasteiger partial charge < -0.3 is 20.6 Å². The van der Waals surface area contributed by atoms with E-state index in [1.807, 2.05) is 45.0 Å². The first-order chi connectivity index (χ1) is 14.7. The summed E-state index contributed by atoms with van der Waals surface area (Å²) in [6.07, 6.45) is 1.08. The molecule has 0 spiro atoms. The Morgan fingerprint density at radius 1 is 1.16 bits per heavy atom. The number of oxime groups is 1. The fourth-order valence-corrected chi connectivity index (χ4v) is 4.67. The Bertz CT molecular complexity index is 766. The molecule has 1 aromatic rings. The van der Waals surface area contributed by atoms with Crippen molar-refractivity contribution in [2.45, 2.75) is 45.8 Å². The van der Waals surface area contributed by atoms with Crippen molar-refractivity contribution in [2.75, 3.05) is 50.7 Å². The van der Waals surface area contributed by atoms with Gasteiger partial charge in [0.1, 0.15) is 5.60 Å². The van der Waals surface area contributed by atoms with Crippen LogP contribution in [-0.2, 0) is 9.53 Å². The molecule has 2 aliphatic heterocycles. The molecule has 0 radical (unpaired) electrons. The first-order valence-electron chi connectivity index (χ1n) is 11.2. The van der Waals surface area contributed by atoms with Crippen LogP contribution in [0.25, 0.3) is 0 Å². The van der Waals surface area contributed by atoms with Crippen LogP contribution in [0.15, 0.2) is 29.4 Å². The molecule has 0 aliphatic carbocycles. The SMILES string of the molecule is C[C@@H]1CN(CC(=O)OC(C)(C)C)CC[C@@H]1N1CCN(c2ccc(C(N)=NO)cc2)CC1. The average Bonchev–Trinajstić information content (AvgIpc) is 2.72. The Hall–Kier alpha value is -2.32. The molecule has 0 aromatic heterocycles. The number of carbonyl (C=O) groups excluding carboxylic acids is 1. The van der Waals surface area contributed by atoms with E-state index in [9.17, 15) is 4.79 Å². The Kier molecular flexibility index (Phi) is 7.43. The Morgan fingerprint density at radius 2 is 1.81 bits per heavy atom.